The summed E-state index contributed by atoms with van der Waals surface area (Å²) in [4.78, 5) is 7.15. The highest BCUT2D eigenvalue weighted by Gasteiger charge is 2.30. The second kappa shape index (κ2) is 4.67. The monoisotopic (exact) mass is 253 g/mol. The van der Waals surface area contributed by atoms with E-state index in [9.17, 15) is 0 Å². The highest BCUT2D eigenvalue weighted by Crippen LogP contribution is 2.33. The second-order valence-corrected chi connectivity index (χ2v) is 6.92. The van der Waals surface area contributed by atoms with Crippen LogP contribution in [-0.2, 0) is 5.41 Å². The number of likely N-dealkylation sites (N-methyl/N-ethyl adjacent to an activating group) is 1. The number of hydrogen-bond acceptors (Lipinski definition) is 4. The Morgan fingerprint density at radius 1 is 1.47 bits per heavy atom. The number of likely N-dealkylation sites (tertiary alicyclic amines) is 1. The van der Waals surface area contributed by atoms with Crippen molar-refractivity contribution in [2.45, 2.75) is 51.1 Å². The van der Waals surface area contributed by atoms with Crippen molar-refractivity contribution < 1.29 is 0 Å². The fourth-order valence-corrected chi connectivity index (χ4v) is 3.35. The predicted octanol–water partition coefficient (Wildman–Crippen LogP) is 2.53. The van der Waals surface area contributed by atoms with Gasteiger partial charge in [0, 0.05) is 16.8 Å². The van der Waals surface area contributed by atoms with Crippen molar-refractivity contribution in [2.75, 3.05) is 13.6 Å². The van der Waals surface area contributed by atoms with Crippen molar-refractivity contribution in [3.63, 3.8) is 0 Å². The quantitative estimate of drug-likeness (QED) is 0.836. The molecule has 4 heteroatoms. The summed E-state index contributed by atoms with van der Waals surface area (Å²) in [6.07, 6.45) is 2.31. The minimum atomic E-state index is 0.139. The first-order chi connectivity index (χ1) is 7.89. The van der Waals surface area contributed by atoms with Gasteiger partial charge in [-0.3, -0.25) is 4.90 Å². The van der Waals surface area contributed by atoms with Crippen molar-refractivity contribution in [3.05, 3.63) is 16.1 Å². The van der Waals surface area contributed by atoms with Gasteiger partial charge in [-0.05, 0) is 26.4 Å². The molecular formula is C13H23N3S. The zero-order valence-electron chi connectivity index (χ0n) is 11.2. The van der Waals surface area contributed by atoms with Crippen LogP contribution in [0.15, 0.2) is 5.38 Å². The number of nitrogens with two attached hydrogens (primary N) is 1. The van der Waals surface area contributed by atoms with Gasteiger partial charge in [0.05, 0.1) is 16.7 Å². The number of aromatic nitrogens is 1. The molecule has 0 saturated carbocycles. The Hall–Kier alpha value is -0.450. The lowest BCUT2D eigenvalue weighted by Gasteiger charge is -2.36. The Morgan fingerprint density at radius 2 is 2.18 bits per heavy atom. The number of rotatable bonds is 1. The summed E-state index contributed by atoms with van der Waals surface area (Å²) in [5, 5.41) is 3.39. The zero-order chi connectivity index (χ0) is 12.6. The molecule has 1 aromatic rings. The van der Waals surface area contributed by atoms with Gasteiger partial charge < -0.3 is 5.73 Å². The Kier molecular flexibility index (Phi) is 3.57. The van der Waals surface area contributed by atoms with Gasteiger partial charge in [-0.15, -0.1) is 11.3 Å². The maximum atomic E-state index is 6.24. The molecule has 0 aliphatic carbocycles. The topological polar surface area (TPSA) is 42.1 Å². The van der Waals surface area contributed by atoms with Crippen LogP contribution < -0.4 is 5.73 Å². The average molecular weight is 253 g/mol. The van der Waals surface area contributed by atoms with Gasteiger partial charge in [-0.1, -0.05) is 20.8 Å². The van der Waals surface area contributed by atoms with Crippen LogP contribution in [0, 0.1) is 0 Å². The summed E-state index contributed by atoms with van der Waals surface area (Å²) in [6.45, 7) is 7.75. The lowest BCUT2D eigenvalue weighted by Crippen LogP contribution is -2.44. The normalized spacial score (nSPS) is 27.4. The Morgan fingerprint density at radius 3 is 2.71 bits per heavy atom. The average Bonchev–Trinajstić information content (AvgIpc) is 2.65. The third kappa shape index (κ3) is 2.69. The molecule has 0 radical (unpaired) electrons. The highest BCUT2D eigenvalue weighted by atomic mass is 32.1. The molecule has 2 atom stereocenters. The molecule has 1 saturated heterocycles. The van der Waals surface area contributed by atoms with Crippen LogP contribution in [0.1, 0.15) is 50.4 Å². The number of nitrogens with zero attached hydrogens (tertiary/aromatic N) is 2. The smallest absolute Gasteiger partial charge is 0.0982 e. The summed E-state index contributed by atoms with van der Waals surface area (Å²) >= 11 is 1.76. The number of thiazole rings is 1. The third-order valence-electron chi connectivity index (χ3n) is 3.40. The standard InChI is InChI=1S/C13H23N3S/c1-13(2,3)12-15-10(8-17-12)11-9(14)6-5-7-16(11)4/h8-9,11H,5-7,14H2,1-4H3. The first-order valence-corrected chi connectivity index (χ1v) is 7.19. The van der Waals surface area contributed by atoms with E-state index < -0.39 is 0 Å². The summed E-state index contributed by atoms with van der Waals surface area (Å²) in [6, 6.07) is 0.528. The molecule has 0 amide bonds. The maximum Gasteiger partial charge on any atom is 0.0982 e. The van der Waals surface area contributed by atoms with E-state index in [1.807, 2.05) is 0 Å². The first kappa shape index (κ1) is 13.0. The summed E-state index contributed by atoms with van der Waals surface area (Å²) in [5.74, 6) is 0. The van der Waals surface area contributed by atoms with Crippen molar-refractivity contribution >= 4 is 11.3 Å². The summed E-state index contributed by atoms with van der Waals surface area (Å²) < 4.78 is 0. The molecule has 1 aromatic heterocycles. The molecule has 1 aliphatic rings. The molecule has 2 unspecified atom stereocenters. The van der Waals surface area contributed by atoms with E-state index in [-0.39, 0.29) is 11.5 Å². The molecule has 1 aliphatic heterocycles. The molecule has 0 aromatic carbocycles. The largest absolute Gasteiger partial charge is 0.326 e. The van der Waals surface area contributed by atoms with Crippen LogP contribution in [0.2, 0.25) is 0 Å². The minimum absolute atomic E-state index is 0.139. The molecule has 1 fully saturated rings. The van der Waals surface area contributed by atoms with Crippen LogP contribution in [0.3, 0.4) is 0 Å². The lowest BCUT2D eigenvalue weighted by atomic mass is 9.95. The molecule has 2 N–H and O–H groups in total. The van der Waals surface area contributed by atoms with Crippen molar-refractivity contribution in [2.24, 2.45) is 5.73 Å². The fourth-order valence-electron chi connectivity index (χ4n) is 2.41. The molecular weight excluding hydrogens is 230 g/mol. The minimum Gasteiger partial charge on any atom is -0.326 e. The first-order valence-electron chi connectivity index (χ1n) is 6.31. The molecule has 3 nitrogen and oxygen atoms in total. The van der Waals surface area contributed by atoms with Gasteiger partial charge >= 0.3 is 0 Å². The molecule has 0 spiro atoms. The molecule has 0 bridgehead atoms. The lowest BCUT2D eigenvalue weighted by molar-refractivity contribution is 0.159. The van der Waals surface area contributed by atoms with E-state index in [0.29, 0.717) is 6.04 Å². The van der Waals surface area contributed by atoms with Crippen molar-refractivity contribution in [1.29, 1.82) is 0 Å². The molecule has 2 rings (SSSR count). The molecule has 96 valence electrons. The predicted molar refractivity (Wildman–Crippen MR) is 73.4 cm³/mol. The summed E-state index contributed by atoms with van der Waals surface area (Å²) in [7, 11) is 2.15. The van der Waals surface area contributed by atoms with E-state index in [1.54, 1.807) is 11.3 Å². The van der Waals surface area contributed by atoms with Gasteiger partial charge in [0.2, 0.25) is 0 Å². The Balaban J connectivity index is 2.24. The third-order valence-corrected chi connectivity index (χ3v) is 4.68. The SMILES string of the molecule is CN1CCCC(N)C1c1csc(C(C)(C)C)n1. The highest BCUT2D eigenvalue weighted by molar-refractivity contribution is 7.09. The Bertz CT molecular complexity index is 370. The van der Waals surface area contributed by atoms with Crippen LogP contribution in [0.4, 0.5) is 0 Å². The number of piperidine rings is 1. The van der Waals surface area contributed by atoms with Crippen molar-refractivity contribution in [1.82, 2.24) is 9.88 Å². The van der Waals surface area contributed by atoms with E-state index in [1.165, 1.54) is 11.4 Å². The second-order valence-electron chi connectivity index (χ2n) is 6.06. The van der Waals surface area contributed by atoms with Gasteiger partial charge in [-0.25, -0.2) is 4.98 Å². The van der Waals surface area contributed by atoms with Crippen LogP contribution >= 0.6 is 11.3 Å². The van der Waals surface area contributed by atoms with E-state index in [4.69, 9.17) is 10.7 Å². The molecule has 2 heterocycles. The van der Waals surface area contributed by atoms with Crippen molar-refractivity contribution in [3.8, 4) is 0 Å². The Labute approximate surface area is 108 Å². The molecule has 17 heavy (non-hydrogen) atoms. The zero-order valence-corrected chi connectivity index (χ0v) is 12.0. The van der Waals surface area contributed by atoms with Crippen LogP contribution in [-0.4, -0.2) is 29.5 Å². The van der Waals surface area contributed by atoms with Gasteiger partial charge in [0.15, 0.2) is 0 Å². The van der Waals surface area contributed by atoms with Gasteiger partial charge in [0.1, 0.15) is 0 Å². The number of hydrogen-bond donors (Lipinski definition) is 1. The van der Waals surface area contributed by atoms with Crippen LogP contribution in [0.5, 0.6) is 0 Å². The van der Waals surface area contributed by atoms with Gasteiger partial charge in [-0.2, -0.15) is 0 Å². The van der Waals surface area contributed by atoms with E-state index >= 15 is 0 Å². The fraction of sp³-hybridized carbons (Fsp3) is 0.769. The van der Waals surface area contributed by atoms with E-state index in [2.05, 4.69) is 38.1 Å². The summed E-state index contributed by atoms with van der Waals surface area (Å²) in [5.41, 5.74) is 7.54. The van der Waals surface area contributed by atoms with E-state index in [0.717, 1.165) is 18.7 Å². The van der Waals surface area contributed by atoms with Gasteiger partial charge in [0.25, 0.3) is 0 Å². The van der Waals surface area contributed by atoms with Crippen LogP contribution in [0.25, 0.3) is 0 Å². The maximum absolute atomic E-state index is 6.24.